The molecule has 0 spiro atoms. The van der Waals surface area contributed by atoms with Gasteiger partial charge in [-0.1, -0.05) is 0 Å². The Balaban J connectivity index is 2.60. The molecule has 5 heteroatoms. The third-order valence-electron chi connectivity index (χ3n) is 2.69. The standard InChI is InChI=1S/C13H22O4S/c1-6-16-11(15)13(5)7-9(8-18-13)10(14)17-12(2,3)4/h9H,6-8H2,1-5H3/t9-,13+/m1/s1. The summed E-state index contributed by atoms with van der Waals surface area (Å²) in [7, 11) is 0. The van der Waals surface area contributed by atoms with E-state index in [1.54, 1.807) is 6.92 Å². The Bertz CT molecular complexity index is 334. The van der Waals surface area contributed by atoms with Crippen molar-refractivity contribution in [2.75, 3.05) is 12.4 Å². The number of rotatable bonds is 3. The summed E-state index contributed by atoms with van der Waals surface area (Å²) in [5, 5.41) is 0. The lowest BCUT2D eigenvalue weighted by molar-refractivity contribution is -0.159. The van der Waals surface area contributed by atoms with Crippen molar-refractivity contribution in [1.82, 2.24) is 0 Å². The van der Waals surface area contributed by atoms with Crippen molar-refractivity contribution in [3.05, 3.63) is 0 Å². The van der Waals surface area contributed by atoms with E-state index in [9.17, 15) is 9.59 Å². The second-order valence-corrected chi connectivity index (χ2v) is 7.22. The molecule has 0 saturated carbocycles. The van der Waals surface area contributed by atoms with Gasteiger partial charge in [-0.3, -0.25) is 9.59 Å². The minimum atomic E-state index is -0.614. The van der Waals surface area contributed by atoms with Crippen molar-refractivity contribution in [3.63, 3.8) is 0 Å². The minimum absolute atomic E-state index is 0.219. The molecule has 2 atom stereocenters. The van der Waals surface area contributed by atoms with E-state index in [1.165, 1.54) is 11.8 Å². The van der Waals surface area contributed by atoms with Gasteiger partial charge in [-0.2, -0.15) is 0 Å². The molecule has 1 heterocycles. The third kappa shape index (κ3) is 3.90. The summed E-state index contributed by atoms with van der Waals surface area (Å²) in [6, 6.07) is 0. The average Bonchev–Trinajstić information content (AvgIpc) is 2.60. The van der Waals surface area contributed by atoms with Crippen LogP contribution in [-0.2, 0) is 19.1 Å². The second-order valence-electron chi connectivity index (χ2n) is 5.70. The topological polar surface area (TPSA) is 52.6 Å². The van der Waals surface area contributed by atoms with Gasteiger partial charge in [-0.15, -0.1) is 11.8 Å². The number of hydrogen-bond donors (Lipinski definition) is 0. The number of esters is 2. The van der Waals surface area contributed by atoms with Crippen molar-refractivity contribution >= 4 is 23.7 Å². The first kappa shape index (κ1) is 15.3. The Morgan fingerprint density at radius 1 is 1.39 bits per heavy atom. The van der Waals surface area contributed by atoms with Crippen molar-refractivity contribution in [2.45, 2.75) is 51.4 Å². The number of thioether (sulfide) groups is 1. The number of carbonyl (C=O) groups is 2. The van der Waals surface area contributed by atoms with Crippen LogP contribution in [0.2, 0.25) is 0 Å². The van der Waals surface area contributed by atoms with Crippen LogP contribution in [0.25, 0.3) is 0 Å². The van der Waals surface area contributed by atoms with E-state index in [0.717, 1.165) is 0 Å². The summed E-state index contributed by atoms with van der Waals surface area (Å²) in [4.78, 5) is 23.8. The van der Waals surface area contributed by atoms with Gasteiger partial charge in [0.25, 0.3) is 0 Å². The maximum atomic E-state index is 11.9. The van der Waals surface area contributed by atoms with Crippen LogP contribution in [0.4, 0.5) is 0 Å². The van der Waals surface area contributed by atoms with E-state index in [2.05, 4.69) is 0 Å². The fraction of sp³-hybridized carbons (Fsp3) is 0.846. The number of ether oxygens (including phenoxy) is 2. The van der Waals surface area contributed by atoms with E-state index in [0.29, 0.717) is 18.8 Å². The van der Waals surface area contributed by atoms with Crippen molar-refractivity contribution in [1.29, 1.82) is 0 Å². The van der Waals surface area contributed by atoms with Crippen LogP contribution < -0.4 is 0 Å². The highest BCUT2D eigenvalue weighted by Crippen LogP contribution is 2.43. The molecule has 4 nitrogen and oxygen atoms in total. The summed E-state index contributed by atoms with van der Waals surface area (Å²) in [6.45, 7) is 9.52. The Morgan fingerprint density at radius 2 is 2.00 bits per heavy atom. The molecule has 1 aliphatic heterocycles. The van der Waals surface area contributed by atoms with E-state index in [4.69, 9.17) is 9.47 Å². The van der Waals surface area contributed by atoms with E-state index < -0.39 is 10.3 Å². The first-order valence-electron chi connectivity index (χ1n) is 6.22. The minimum Gasteiger partial charge on any atom is -0.465 e. The van der Waals surface area contributed by atoms with Crippen LogP contribution in [0.5, 0.6) is 0 Å². The first-order chi connectivity index (χ1) is 8.18. The second kappa shape index (κ2) is 5.51. The highest BCUT2D eigenvalue weighted by atomic mass is 32.2. The van der Waals surface area contributed by atoms with Crippen LogP contribution >= 0.6 is 11.8 Å². The van der Waals surface area contributed by atoms with Crippen LogP contribution in [0.3, 0.4) is 0 Å². The lowest BCUT2D eigenvalue weighted by Crippen LogP contribution is -2.34. The molecule has 104 valence electrons. The molecule has 1 saturated heterocycles. The summed E-state index contributed by atoms with van der Waals surface area (Å²) in [5.41, 5.74) is -0.481. The summed E-state index contributed by atoms with van der Waals surface area (Å²) >= 11 is 1.48. The van der Waals surface area contributed by atoms with Crippen molar-refractivity contribution in [3.8, 4) is 0 Å². The SMILES string of the molecule is CCOC(=O)[C@]1(C)C[C@@H](C(=O)OC(C)(C)C)CS1. The predicted octanol–water partition coefficient (Wildman–Crippen LogP) is 2.40. The summed E-state index contributed by atoms with van der Waals surface area (Å²) in [6.07, 6.45) is 0.491. The predicted molar refractivity (Wildman–Crippen MR) is 71.4 cm³/mol. The maximum Gasteiger partial charge on any atom is 0.321 e. The molecule has 0 radical (unpaired) electrons. The lowest BCUT2D eigenvalue weighted by atomic mass is 9.97. The Labute approximate surface area is 113 Å². The lowest BCUT2D eigenvalue weighted by Gasteiger charge is -2.23. The number of hydrogen-bond acceptors (Lipinski definition) is 5. The Hall–Kier alpha value is -0.710. The van der Waals surface area contributed by atoms with Gasteiger partial charge in [0.05, 0.1) is 12.5 Å². The van der Waals surface area contributed by atoms with Crippen molar-refractivity contribution < 1.29 is 19.1 Å². The fourth-order valence-electron chi connectivity index (χ4n) is 1.84. The number of carbonyl (C=O) groups excluding carboxylic acids is 2. The van der Waals surface area contributed by atoms with Gasteiger partial charge in [0, 0.05) is 5.75 Å². The molecule has 0 unspecified atom stereocenters. The van der Waals surface area contributed by atoms with Gasteiger partial charge < -0.3 is 9.47 Å². The van der Waals surface area contributed by atoms with Crippen LogP contribution in [0.1, 0.15) is 41.0 Å². The zero-order chi connectivity index (χ0) is 14.0. The molecule has 0 aliphatic carbocycles. The molecule has 0 aromatic carbocycles. The van der Waals surface area contributed by atoms with Gasteiger partial charge in [0.1, 0.15) is 10.3 Å². The molecule has 1 aliphatic rings. The molecule has 0 aromatic heterocycles. The van der Waals surface area contributed by atoms with Gasteiger partial charge >= 0.3 is 11.9 Å². The van der Waals surface area contributed by atoms with Gasteiger partial charge in [0.2, 0.25) is 0 Å². The van der Waals surface area contributed by atoms with E-state index in [1.807, 2.05) is 27.7 Å². The molecule has 1 rings (SSSR count). The normalized spacial score (nSPS) is 27.9. The molecule has 0 amide bonds. The van der Waals surface area contributed by atoms with Crippen LogP contribution in [-0.4, -0.2) is 34.6 Å². The molecule has 0 aromatic rings. The van der Waals surface area contributed by atoms with Crippen LogP contribution in [0, 0.1) is 5.92 Å². The molecule has 0 bridgehead atoms. The zero-order valence-corrected chi connectivity index (χ0v) is 12.6. The van der Waals surface area contributed by atoms with E-state index >= 15 is 0 Å². The summed E-state index contributed by atoms with van der Waals surface area (Å²) < 4.78 is 9.78. The van der Waals surface area contributed by atoms with Gasteiger partial charge in [-0.25, -0.2) is 0 Å². The molecular formula is C13H22O4S. The smallest absolute Gasteiger partial charge is 0.321 e. The fourth-order valence-corrected chi connectivity index (χ4v) is 3.15. The molecule has 1 fully saturated rings. The first-order valence-corrected chi connectivity index (χ1v) is 7.20. The van der Waals surface area contributed by atoms with Crippen LogP contribution in [0.15, 0.2) is 0 Å². The monoisotopic (exact) mass is 274 g/mol. The van der Waals surface area contributed by atoms with E-state index in [-0.39, 0.29) is 17.9 Å². The van der Waals surface area contributed by atoms with Gasteiger partial charge in [0.15, 0.2) is 0 Å². The highest BCUT2D eigenvalue weighted by molar-refractivity contribution is 8.01. The average molecular weight is 274 g/mol. The highest BCUT2D eigenvalue weighted by Gasteiger charge is 2.46. The zero-order valence-electron chi connectivity index (χ0n) is 11.7. The summed E-state index contributed by atoms with van der Waals surface area (Å²) in [5.74, 6) is -0.0581. The third-order valence-corrected chi connectivity index (χ3v) is 4.23. The van der Waals surface area contributed by atoms with Crippen molar-refractivity contribution in [2.24, 2.45) is 5.92 Å². The Morgan fingerprint density at radius 3 is 2.50 bits per heavy atom. The van der Waals surface area contributed by atoms with Gasteiger partial charge in [-0.05, 0) is 41.0 Å². The maximum absolute atomic E-state index is 11.9. The molecule has 18 heavy (non-hydrogen) atoms. The molecule has 0 N–H and O–H groups in total. The largest absolute Gasteiger partial charge is 0.465 e. The molecular weight excluding hydrogens is 252 g/mol. The Kier molecular flexibility index (Phi) is 4.70. The quantitative estimate of drug-likeness (QED) is 0.740.